The van der Waals surface area contributed by atoms with E-state index >= 15 is 0 Å². The molecule has 0 aromatic carbocycles. The molecular weight excluding hydrogens is 180 g/mol. The fourth-order valence-electron chi connectivity index (χ4n) is 1.19. The van der Waals surface area contributed by atoms with Crippen molar-refractivity contribution in [1.82, 2.24) is 10.6 Å². The predicted octanol–water partition coefficient (Wildman–Crippen LogP) is 1.36. The normalized spacial score (nSPS) is 14.1. The van der Waals surface area contributed by atoms with Gasteiger partial charge in [0.1, 0.15) is 0 Å². The van der Waals surface area contributed by atoms with E-state index in [0.29, 0.717) is 19.5 Å². The van der Waals surface area contributed by atoms with Gasteiger partial charge in [-0.2, -0.15) is 0 Å². The lowest BCUT2D eigenvalue weighted by atomic mass is 9.98. The molecule has 14 heavy (non-hydrogen) atoms. The molecule has 1 unspecified atom stereocenters. The minimum atomic E-state index is -1.02. The van der Waals surface area contributed by atoms with E-state index in [4.69, 9.17) is 5.11 Å². The summed E-state index contributed by atoms with van der Waals surface area (Å²) in [4.78, 5) is 10.5. The van der Waals surface area contributed by atoms with E-state index in [9.17, 15) is 4.79 Å². The molecule has 1 atom stereocenters. The monoisotopic (exact) mass is 198 g/mol. The summed E-state index contributed by atoms with van der Waals surface area (Å²) in [5, 5.41) is 14.2. The average molecular weight is 198 g/mol. The maximum atomic E-state index is 10.5. The van der Waals surface area contributed by atoms with Crippen molar-refractivity contribution in [2.45, 2.75) is 18.9 Å². The standard InChI is InChI=1S/C10H18N2O2/c1-4-6-10(3,12-9(13)14)8-11-7-5-2/h4-5,11-12H,1-2,6-8H2,3H3,(H,13,14). The van der Waals surface area contributed by atoms with E-state index in [1.807, 2.05) is 6.92 Å². The lowest BCUT2D eigenvalue weighted by molar-refractivity contribution is 0.179. The third kappa shape index (κ3) is 5.37. The number of carbonyl (C=O) groups is 1. The Balaban J connectivity index is 4.14. The molecule has 4 heteroatoms. The Morgan fingerprint density at radius 1 is 1.50 bits per heavy atom. The molecule has 0 saturated heterocycles. The second-order valence-corrected chi connectivity index (χ2v) is 3.40. The zero-order chi connectivity index (χ0) is 11.0. The van der Waals surface area contributed by atoms with Gasteiger partial charge in [-0.3, -0.25) is 0 Å². The molecule has 80 valence electrons. The van der Waals surface area contributed by atoms with Gasteiger partial charge >= 0.3 is 6.09 Å². The van der Waals surface area contributed by atoms with Crippen molar-refractivity contribution in [1.29, 1.82) is 0 Å². The summed E-state index contributed by atoms with van der Waals surface area (Å²) in [5.74, 6) is 0. The van der Waals surface area contributed by atoms with Crippen LogP contribution in [0.2, 0.25) is 0 Å². The van der Waals surface area contributed by atoms with E-state index in [1.54, 1.807) is 12.2 Å². The van der Waals surface area contributed by atoms with Crippen LogP contribution >= 0.6 is 0 Å². The summed E-state index contributed by atoms with van der Waals surface area (Å²) in [6.45, 7) is 10.2. The lowest BCUT2D eigenvalue weighted by Crippen LogP contribution is -2.51. The Bertz CT molecular complexity index is 216. The van der Waals surface area contributed by atoms with Gasteiger partial charge in [0.05, 0.1) is 5.54 Å². The Kier molecular flexibility index (Phi) is 5.64. The maximum absolute atomic E-state index is 10.5. The van der Waals surface area contributed by atoms with Crippen LogP contribution in [-0.4, -0.2) is 29.8 Å². The SMILES string of the molecule is C=CCNCC(C)(CC=C)NC(=O)O. The molecule has 0 aliphatic rings. The Hall–Kier alpha value is -1.29. The molecule has 0 aromatic rings. The van der Waals surface area contributed by atoms with Gasteiger partial charge < -0.3 is 15.7 Å². The van der Waals surface area contributed by atoms with Crippen LogP contribution in [0.15, 0.2) is 25.3 Å². The lowest BCUT2D eigenvalue weighted by Gasteiger charge is -2.28. The first kappa shape index (κ1) is 12.7. The number of nitrogens with one attached hydrogen (secondary N) is 2. The van der Waals surface area contributed by atoms with Gasteiger partial charge in [-0.25, -0.2) is 4.79 Å². The first-order valence-electron chi connectivity index (χ1n) is 4.47. The van der Waals surface area contributed by atoms with Crippen LogP contribution in [0.4, 0.5) is 4.79 Å². The fourth-order valence-corrected chi connectivity index (χ4v) is 1.19. The quantitative estimate of drug-likeness (QED) is 0.427. The van der Waals surface area contributed by atoms with E-state index < -0.39 is 11.6 Å². The number of hydrogen-bond donors (Lipinski definition) is 3. The van der Waals surface area contributed by atoms with Crippen LogP contribution in [0.25, 0.3) is 0 Å². The molecule has 0 spiro atoms. The second kappa shape index (κ2) is 6.21. The zero-order valence-corrected chi connectivity index (χ0v) is 8.55. The molecule has 0 radical (unpaired) electrons. The highest BCUT2D eigenvalue weighted by atomic mass is 16.4. The predicted molar refractivity (Wildman–Crippen MR) is 57.4 cm³/mol. The van der Waals surface area contributed by atoms with Crippen LogP contribution in [0, 0.1) is 0 Å². The van der Waals surface area contributed by atoms with Crippen LogP contribution < -0.4 is 10.6 Å². The third-order valence-corrected chi connectivity index (χ3v) is 1.81. The maximum Gasteiger partial charge on any atom is 0.405 e. The van der Waals surface area contributed by atoms with Crippen molar-refractivity contribution in [2.75, 3.05) is 13.1 Å². The molecule has 0 bridgehead atoms. The highest BCUT2D eigenvalue weighted by Gasteiger charge is 2.23. The Labute approximate surface area is 84.7 Å². The van der Waals surface area contributed by atoms with Gasteiger partial charge in [-0.15, -0.1) is 13.2 Å². The Morgan fingerprint density at radius 3 is 2.57 bits per heavy atom. The minimum absolute atomic E-state index is 0.503. The van der Waals surface area contributed by atoms with E-state index in [0.717, 1.165) is 0 Å². The second-order valence-electron chi connectivity index (χ2n) is 3.40. The van der Waals surface area contributed by atoms with Crippen molar-refractivity contribution in [3.8, 4) is 0 Å². The summed E-state index contributed by atoms with van der Waals surface area (Å²) >= 11 is 0. The summed E-state index contributed by atoms with van der Waals surface area (Å²) in [5.41, 5.74) is -0.503. The molecule has 0 heterocycles. The fraction of sp³-hybridized carbons (Fsp3) is 0.500. The highest BCUT2D eigenvalue weighted by molar-refractivity contribution is 5.65. The molecule has 0 aliphatic carbocycles. The topological polar surface area (TPSA) is 61.4 Å². The molecule has 3 N–H and O–H groups in total. The van der Waals surface area contributed by atoms with Gasteiger partial charge in [0, 0.05) is 13.1 Å². The van der Waals surface area contributed by atoms with Crippen molar-refractivity contribution in [2.24, 2.45) is 0 Å². The van der Waals surface area contributed by atoms with Gasteiger partial charge in [0.15, 0.2) is 0 Å². The molecule has 0 aromatic heterocycles. The number of amides is 1. The average Bonchev–Trinajstić information content (AvgIpc) is 2.03. The molecule has 0 aliphatic heterocycles. The van der Waals surface area contributed by atoms with Crippen LogP contribution in [0.1, 0.15) is 13.3 Å². The third-order valence-electron chi connectivity index (χ3n) is 1.81. The van der Waals surface area contributed by atoms with E-state index in [1.165, 1.54) is 0 Å². The van der Waals surface area contributed by atoms with Gasteiger partial charge in [-0.05, 0) is 13.3 Å². The smallest absolute Gasteiger partial charge is 0.405 e. The molecule has 1 amide bonds. The number of rotatable bonds is 7. The molecular formula is C10H18N2O2. The molecule has 0 fully saturated rings. The number of hydrogen-bond acceptors (Lipinski definition) is 2. The summed E-state index contributed by atoms with van der Waals surface area (Å²) in [7, 11) is 0. The number of carboxylic acid groups (broad SMARTS) is 1. The highest BCUT2D eigenvalue weighted by Crippen LogP contribution is 2.08. The van der Waals surface area contributed by atoms with Crippen LogP contribution in [0.5, 0.6) is 0 Å². The van der Waals surface area contributed by atoms with Gasteiger partial charge in [-0.1, -0.05) is 12.2 Å². The van der Waals surface area contributed by atoms with Crippen molar-refractivity contribution >= 4 is 6.09 Å². The molecule has 0 rings (SSSR count). The van der Waals surface area contributed by atoms with Gasteiger partial charge in [0.2, 0.25) is 0 Å². The minimum Gasteiger partial charge on any atom is -0.465 e. The van der Waals surface area contributed by atoms with E-state index in [2.05, 4.69) is 23.8 Å². The van der Waals surface area contributed by atoms with Crippen LogP contribution in [-0.2, 0) is 0 Å². The largest absolute Gasteiger partial charge is 0.465 e. The van der Waals surface area contributed by atoms with Gasteiger partial charge in [0.25, 0.3) is 0 Å². The zero-order valence-electron chi connectivity index (χ0n) is 8.55. The van der Waals surface area contributed by atoms with E-state index in [-0.39, 0.29) is 0 Å². The Morgan fingerprint density at radius 2 is 2.14 bits per heavy atom. The molecule has 4 nitrogen and oxygen atoms in total. The first-order chi connectivity index (χ1) is 6.54. The van der Waals surface area contributed by atoms with Crippen LogP contribution in [0.3, 0.4) is 0 Å². The molecule has 0 saturated carbocycles. The van der Waals surface area contributed by atoms with Crippen molar-refractivity contribution in [3.05, 3.63) is 25.3 Å². The summed E-state index contributed by atoms with van der Waals surface area (Å²) in [6, 6.07) is 0. The van der Waals surface area contributed by atoms with Crippen molar-refractivity contribution in [3.63, 3.8) is 0 Å². The first-order valence-corrected chi connectivity index (χ1v) is 4.47. The summed E-state index contributed by atoms with van der Waals surface area (Å²) in [6.07, 6.45) is 3.00. The summed E-state index contributed by atoms with van der Waals surface area (Å²) < 4.78 is 0. The van der Waals surface area contributed by atoms with Crippen molar-refractivity contribution < 1.29 is 9.90 Å².